The number of hydrogen-bond donors (Lipinski definition) is 2. The number of aromatic nitrogens is 2. The summed E-state index contributed by atoms with van der Waals surface area (Å²) < 4.78 is 5.08. The van der Waals surface area contributed by atoms with Gasteiger partial charge in [-0.3, -0.25) is 0 Å². The van der Waals surface area contributed by atoms with Crippen molar-refractivity contribution in [3.8, 4) is 5.88 Å². The monoisotopic (exact) mass is 306 g/mol. The highest BCUT2D eigenvalue weighted by Crippen LogP contribution is 2.21. The number of ether oxygens (including phenoxy) is 1. The second-order valence-corrected chi connectivity index (χ2v) is 5.87. The number of aryl methyl sites for hydroxylation is 1. The molecular formula is C14H18N4O2S. The van der Waals surface area contributed by atoms with Gasteiger partial charge < -0.3 is 15.4 Å². The van der Waals surface area contributed by atoms with Gasteiger partial charge in [0.25, 0.3) is 0 Å². The Kier molecular flexibility index (Phi) is 5.10. The van der Waals surface area contributed by atoms with Crippen LogP contribution in [0.2, 0.25) is 0 Å². The maximum atomic E-state index is 11.9. The third-order valence-electron chi connectivity index (χ3n) is 2.84. The molecule has 0 aromatic carbocycles. The first-order valence-corrected chi connectivity index (χ1v) is 7.38. The predicted molar refractivity (Wildman–Crippen MR) is 83.1 cm³/mol. The van der Waals surface area contributed by atoms with Crippen LogP contribution < -0.4 is 15.4 Å². The summed E-state index contributed by atoms with van der Waals surface area (Å²) in [6.45, 7) is 4.56. The molecule has 2 N–H and O–H groups in total. The summed E-state index contributed by atoms with van der Waals surface area (Å²) in [5, 5.41) is 6.56. The van der Waals surface area contributed by atoms with Crippen molar-refractivity contribution < 1.29 is 9.53 Å². The zero-order chi connectivity index (χ0) is 15.2. The van der Waals surface area contributed by atoms with Crippen molar-refractivity contribution in [3.63, 3.8) is 0 Å². The lowest BCUT2D eigenvalue weighted by atomic mass is 10.2. The van der Waals surface area contributed by atoms with Crippen LogP contribution in [0.15, 0.2) is 24.5 Å². The Morgan fingerprint density at radius 1 is 1.48 bits per heavy atom. The molecule has 2 aromatic rings. The number of anilines is 1. The van der Waals surface area contributed by atoms with E-state index in [9.17, 15) is 4.79 Å². The first-order valence-electron chi connectivity index (χ1n) is 6.56. The number of urea groups is 1. The number of methoxy groups -OCH3 is 1. The zero-order valence-electron chi connectivity index (χ0n) is 12.2. The molecule has 6 nitrogen and oxygen atoms in total. The Labute approximate surface area is 127 Å². The molecule has 0 aliphatic carbocycles. The van der Waals surface area contributed by atoms with Crippen LogP contribution in [0.5, 0.6) is 5.88 Å². The van der Waals surface area contributed by atoms with E-state index in [4.69, 9.17) is 4.74 Å². The Morgan fingerprint density at radius 2 is 2.29 bits per heavy atom. The second-order valence-electron chi connectivity index (χ2n) is 4.61. The van der Waals surface area contributed by atoms with Crippen LogP contribution in [-0.4, -0.2) is 29.7 Å². The molecule has 0 saturated carbocycles. The van der Waals surface area contributed by atoms with Gasteiger partial charge in [0.15, 0.2) is 0 Å². The third-order valence-corrected chi connectivity index (χ3v) is 3.99. The molecule has 1 unspecified atom stereocenters. The molecule has 2 heterocycles. The normalized spacial score (nSPS) is 11.8. The predicted octanol–water partition coefficient (Wildman–Crippen LogP) is 2.78. The van der Waals surface area contributed by atoms with E-state index >= 15 is 0 Å². The van der Waals surface area contributed by atoms with Gasteiger partial charge in [-0.25, -0.2) is 14.8 Å². The number of rotatable bonds is 5. The second kappa shape index (κ2) is 7.03. The highest BCUT2D eigenvalue weighted by Gasteiger charge is 2.12. The molecule has 0 saturated heterocycles. The first kappa shape index (κ1) is 15.2. The fraction of sp³-hybridized carbons (Fsp3) is 0.357. The van der Waals surface area contributed by atoms with Crippen molar-refractivity contribution in [2.45, 2.75) is 19.8 Å². The van der Waals surface area contributed by atoms with E-state index in [1.807, 2.05) is 20.0 Å². The average Bonchev–Trinajstić information content (AvgIpc) is 2.92. The van der Waals surface area contributed by atoms with Crippen molar-refractivity contribution >= 4 is 23.1 Å². The minimum Gasteiger partial charge on any atom is -0.480 e. The number of nitrogens with one attached hydrogen (secondary N) is 2. The highest BCUT2D eigenvalue weighted by atomic mass is 32.1. The van der Waals surface area contributed by atoms with Crippen LogP contribution in [0, 0.1) is 6.92 Å². The highest BCUT2D eigenvalue weighted by molar-refractivity contribution is 7.11. The minimum absolute atomic E-state index is 0.172. The molecule has 2 aromatic heterocycles. The standard InChI is InChI=1S/C14H18N4O2S/c1-9(13-16-8-10(2)21-13)7-17-14(19)18-11-5-4-6-15-12(11)20-3/h4-6,8-9H,7H2,1-3H3,(H2,17,18,19). The van der Waals surface area contributed by atoms with Gasteiger partial charge in [-0.15, -0.1) is 11.3 Å². The summed E-state index contributed by atoms with van der Waals surface area (Å²) in [5.41, 5.74) is 0.537. The first-order chi connectivity index (χ1) is 10.1. The Bertz CT molecular complexity index is 615. The average molecular weight is 306 g/mol. The fourth-order valence-corrected chi connectivity index (χ4v) is 2.57. The fourth-order valence-electron chi connectivity index (χ4n) is 1.75. The van der Waals surface area contributed by atoms with Gasteiger partial charge in [0.05, 0.1) is 12.1 Å². The Balaban J connectivity index is 1.87. The van der Waals surface area contributed by atoms with E-state index < -0.39 is 0 Å². The van der Waals surface area contributed by atoms with E-state index in [-0.39, 0.29) is 11.9 Å². The van der Waals surface area contributed by atoms with E-state index in [2.05, 4.69) is 20.6 Å². The number of nitrogens with zero attached hydrogens (tertiary/aromatic N) is 2. The lowest BCUT2D eigenvalue weighted by Gasteiger charge is -2.12. The van der Waals surface area contributed by atoms with Gasteiger partial charge in [0, 0.05) is 29.7 Å². The van der Waals surface area contributed by atoms with Crippen molar-refractivity contribution in [2.24, 2.45) is 0 Å². The molecule has 0 bridgehead atoms. The van der Waals surface area contributed by atoms with E-state index in [0.29, 0.717) is 18.1 Å². The summed E-state index contributed by atoms with van der Waals surface area (Å²) in [6, 6.07) is 3.18. The van der Waals surface area contributed by atoms with Gasteiger partial charge >= 0.3 is 6.03 Å². The van der Waals surface area contributed by atoms with Gasteiger partial charge in [0.1, 0.15) is 5.69 Å². The van der Waals surface area contributed by atoms with Crippen LogP contribution in [0.25, 0.3) is 0 Å². The maximum absolute atomic E-state index is 11.9. The molecule has 21 heavy (non-hydrogen) atoms. The SMILES string of the molecule is COc1ncccc1NC(=O)NCC(C)c1ncc(C)s1. The molecule has 0 aliphatic heterocycles. The summed E-state index contributed by atoms with van der Waals surface area (Å²) in [4.78, 5) is 21.4. The van der Waals surface area contributed by atoms with Crippen molar-refractivity contribution in [1.29, 1.82) is 0 Å². The summed E-state index contributed by atoms with van der Waals surface area (Å²) >= 11 is 1.64. The van der Waals surface area contributed by atoms with Crippen LogP contribution in [0.1, 0.15) is 22.7 Å². The van der Waals surface area contributed by atoms with E-state index in [0.717, 1.165) is 5.01 Å². The van der Waals surface area contributed by atoms with Crippen LogP contribution in [0.4, 0.5) is 10.5 Å². The lowest BCUT2D eigenvalue weighted by molar-refractivity contribution is 0.251. The Hall–Kier alpha value is -2.15. The molecule has 0 spiro atoms. The number of carbonyl (C=O) groups is 1. The molecular weight excluding hydrogens is 288 g/mol. The van der Waals surface area contributed by atoms with Crippen molar-refractivity contribution in [1.82, 2.24) is 15.3 Å². The third kappa shape index (κ3) is 4.16. The lowest BCUT2D eigenvalue weighted by Crippen LogP contribution is -2.31. The molecule has 1 atom stereocenters. The van der Waals surface area contributed by atoms with Gasteiger partial charge in [-0.2, -0.15) is 0 Å². The van der Waals surface area contributed by atoms with E-state index in [1.54, 1.807) is 29.7 Å². The zero-order valence-corrected chi connectivity index (χ0v) is 13.0. The van der Waals surface area contributed by atoms with Gasteiger partial charge in [0.2, 0.25) is 5.88 Å². The molecule has 2 rings (SSSR count). The van der Waals surface area contributed by atoms with Gasteiger partial charge in [-0.1, -0.05) is 6.92 Å². The quantitative estimate of drug-likeness (QED) is 0.890. The van der Waals surface area contributed by atoms with Crippen molar-refractivity contribution in [2.75, 3.05) is 19.0 Å². The molecule has 112 valence electrons. The molecule has 7 heteroatoms. The maximum Gasteiger partial charge on any atom is 0.319 e. The number of pyridine rings is 1. The number of carbonyl (C=O) groups excluding carboxylic acids is 1. The molecule has 2 amide bonds. The van der Waals surface area contributed by atoms with Crippen LogP contribution in [-0.2, 0) is 0 Å². The smallest absolute Gasteiger partial charge is 0.319 e. The van der Waals surface area contributed by atoms with Gasteiger partial charge in [-0.05, 0) is 19.1 Å². The van der Waals surface area contributed by atoms with Crippen LogP contribution in [0.3, 0.4) is 0 Å². The summed E-state index contributed by atoms with van der Waals surface area (Å²) in [6.07, 6.45) is 3.45. The van der Waals surface area contributed by atoms with Crippen LogP contribution >= 0.6 is 11.3 Å². The molecule has 0 aliphatic rings. The van der Waals surface area contributed by atoms with Crippen molar-refractivity contribution in [3.05, 3.63) is 34.4 Å². The molecule has 0 radical (unpaired) electrons. The molecule has 0 fully saturated rings. The summed E-state index contributed by atoms with van der Waals surface area (Å²) in [5.74, 6) is 0.557. The topological polar surface area (TPSA) is 76.1 Å². The Morgan fingerprint density at radius 3 is 2.95 bits per heavy atom. The number of hydrogen-bond acceptors (Lipinski definition) is 5. The largest absolute Gasteiger partial charge is 0.480 e. The van der Waals surface area contributed by atoms with E-state index in [1.165, 1.54) is 12.0 Å². The number of thiazole rings is 1. The number of amides is 2. The minimum atomic E-state index is -0.290. The summed E-state index contributed by atoms with van der Waals surface area (Å²) in [7, 11) is 1.51.